The molecule has 5 heteroatoms. The molecule has 0 spiro atoms. The predicted molar refractivity (Wildman–Crippen MR) is 79.1 cm³/mol. The first-order valence-electron chi connectivity index (χ1n) is 7.33. The van der Waals surface area contributed by atoms with E-state index in [4.69, 9.17) is 14.7 Å². The van der Waals surface area contributed by atoms with Crippen molar-refractivity contribution >= 4 is 11.7 Å². The molecule has 0 amide bonds. The van der Waals surface area contributed by atoms with Gasteiger partial charge in [0.15, 0.2) is 5.71 Å². The molecule has 1 N–H and O–H groups in total. The normalized spacial score (nSPS) is 17.3. The smallest absolute Gasteiger partial charge is 0.353 e. The lowest BCUT2D eigenvalue weighted by Crippen LogP contribution is -2.14. The fraction of sp³-hybridized carbons (Fsp3) is 0.500. The number of nitrogens with zero attached hydrogens (tertiary/aromatic N) is 1. The number of carbonyl (C=O) groups is 1. The molecule has 0 aromatic heterocycles. The summed E-state index contributed by atoms with van der Waals surface area (Å²) >= 11 is 0. The van der Waals surface area contributed by atoms with Crippen LogP contribution in [-0.2, 0) is 21.0 Å². The predicted octanol–water partition coefficient (Wildman–Crippen LogP) is 2.99. The Bertz CT molecular complexity index is 472. The molecule has 114 valence electrons. The summed E-state index contributed by atoms with van der Waals surface area (Å²) in [6.45, 7) is 1.40. The second kappa shape index (κ2) is 8.42. The number of hydrogen-bond acceptors (Lipinski definition) is 4. The van der Waals surface area contributed by atoms with Crippen LogP contribution in [-0.4, -0.2) is 29.5 Å². The van der Waals surface area contributed by atoms with Crippen molar-refractivity contribution in [1.29, 1.82) is 0 Å². The van der Waals surface area contributed by atoms with E-state index < -0.39 is 5.97 Å². The molecule has 5 nitrogen and oxygen atoms in total. The fourth-order valence-electron chi connectivity index (χ4n) is 2.23. The fourth-order valence-corrected chi connectivity index (χ4v) is 2.23. The average Bonchev–Trinajstić information content (AvgIpc) is 2.96. The Morgan fingerprint density at radius 3 is 2.81 bits per heavy atom. The highest BCUT2D eigenvalue weighted by atomic mass is 16.6. The summed E-state index contributed by atoms with van der Waals surface area (Å²) in [5.41, 5.74) is 1.32. The van der Waals surface area contributed by atoms with Crippen LogP contribution in [0.4, 0.5) is 0 Å². The maximum atomic E-state index is 10.7. The summed E-state index contributed by atoms with van der Waals surface area (Å²) < 4.78 is 5.61. The third-order valence-corrected chi connectivity index (χ3v) is 3.41. The maximum Gasteiger partial charge on any atom is 0.353 e. The van der Waals surface area contributed by atoms with Gasteiger partial charge in [0.25, 0.3) is 0 Å². The van der Waals surface area contributed by atoms with Crippen molar-refractivity contribution in [1.82, 2.24) is 0 Å². The van der Waals surface area contributed by atoms with Gasteiger partial charge in [0.1, 0.15) is 6.10 Å². The standard InChI is InChI=1S/C16H21NO4/c18-16(19)15-11-14(21-17-15)9-5-2-6-10-20-12-13-7-3-1-4-8-13/h1,3-4,7-8,14H,2,5-6,9-12H2,(H,18,19). The van der Waals surface area contributed by atoms with Crippen LogP contribution in [0.5, 0.6) is 0 Å². The molecule has 0 bridgehead atoms. The van der Waals surface area contributed by atoms with Crippen LogP contribution in [0.3, 0.4) is 0 Å². The molecule has 0 saturated heterocycles. The van der Waals surface area contributed by atoms with Crippen molar-refractivity contribution in [3.8, 4) is 0 Å². The molecule has 1 aliphatic heterocycles. The molecule has 1 atom stereocenters. The highest BCUT2D eigenvalue weighted by Gasteiger charge is 2.24. The van der Waals surface area contributed by atoms with Gasteiger partial charge in [-0.1, -0.05) is 41.9 Å². The van der Waals surface area contributed by atoms with Crippen LogP contribution in [0.1, 0.15) is 37.7 Å². The van der Waals surface area contributed by atoms with Gasteiger partial charge in [0, 0.05) is 13.0 Å². The largest absolute Gasteiger partial charge is 0.477 e. The van der Waals surface area contributed by atoms with E-state index in [0.29, 0.717) is 13.0 Å². The van der Waals surface area contributed by atoms with Crippen LogP contribution in [0.25, 0.3) is 0 Å². The maximum absolute atomic E-state index is 10.7. The Kier molecular flexibility index (Phi) is 6.22. The summed E-state index contributed by atoms with van der Waals surface area (Å²) in [6, 6.07) is 10.1. The van der Waals surface area contributed by atoms with Crippen molar-refractivity contribution in [2.75, 3.05) is 6.61 Å². The SMILES string of the molecule is O=C(O)C1=NOC(CCCCCOCc2ccccc2)C1. The molecule has 0 saturated carbocycles. The van der Waals surface area contributed by atoms with Gasteiger partial charge < -0.3 is 14.7 Å². The molecule has 0 aliphatic carbocycles. The van der Waals surface area contributed by atoms with Crippen molar-refractivity contribution in [3.05, 3.63) is 35.9 Å². The van der Waals surface area contributed by atoms with Crippen LogP contribution in [0.15, 0.2) is 35.5 Å². The first-order chi connectivity index (χ1) is 10.3. The van der Waals surface area contributed by atoms with Gasteiger partial charge in [0.2, 0.25) is 0 Å². The van der Waals surface area contributed by atoms with Crippen molar-refractivity contribution in [2.24, 2.45) is 5.16 Å². The topological polar surface area (TPSA) is 68.1 Å². The molecule has 1 aliphatic rings. The molecule has 0 radical (unpaired) electrons. The zero-order valence-corrected chi connectivity index (χ0v) is 12.0. The zero-order valence-electron chi connectivity index (χ0n) is 12.0. The Labute approximate surface area is 124 Å². The van der Waals surface area contributed by atoms with Gasteiger partial charge in [-0.15, -0.1) is 0 Å². The summed E-state index contributed by atoms with van der Waals surface area (Å²) in [5.74, 6) is -0.980. The quantitative estimate of drug-likeness (QED) is 0.710. The van der Waals surface area contributed by atoms with Gasteiger partial charge >= 0.3 is 5.97 Å². The molecular formula is C16H21NO4. The first-order valence-corrected chi connectivity index (χ1v) is 7.33. The summed E-state index contributed by atoms with van der Waals surface area (Å²) in [7, 11) is 0. The number of hydrogen-bond donors (Lipinski definition) is 1. The van der Waals surface area contributed by atoms with Crippen molar-refractivity contribution < 1.29 is 19.5 Å². The van der Waals surface area contributed by atoms with E-state index in [1.165, 1.54) is 5.56 Å². The number of rotatable bonds is 9. The van der Waals surface area contributed by atoms with E-state index in [2.05, 4.69) is 17.3 Å². The Morgan fingerprint density at radius 2 is 2.10 bits per heavy atom. The van der Waals surface area contributed by atoms with Crippen molar-refractivity contribution in [3.63, 3.8) is 0 Å². The minimum absolute atomic E-state index is 0.0682. The number of aliphatic carboxylic acids is 1. The molecule has 1 heterocycles. The lowest BCUT2D eigenvalue weighted by Gasteiger charge is -2.07. The number of carboxylic acid groups (broad SMARTS) is 1. The van der Waals surface area contributed by atoms with Crippen LogP contribution in [0.2, 0.25) is 0 Å². The molecule has 1 aromatic rings. The number of unbranched alkanes of at least 4 members (excludes halogenated alkanes) is 2. The van der Waals surface area contributed by atoms with E-state index in [-0.39, 0.29) is 11.8 Å². The first kappa shape index (κ1) is 15.5. The highest BCUT2D eigenvalue weighted by molar-refractivity contribution is 6.35. The number of ether oxygens (including phenoxy) is 1. The van der Waals surface area contributed by atoms with Gasteiger partial charge in [0.05, 0.1) is 6.61 Å². The Morgan fingerprint density at radius 1 is 1.29 bits per heavy atom. The van der Waals surface area contributed by atoms with E-state index in [0.717, 1.165) is 32.3 Å². The molecule has 1 aromatic carbocycles. The van der Waals surface area contributed by atoms with Crippen LogP contribution in [0, 0.1) is 0 Å². The molecule has 21 heavy (non-hydrogen) atoms. The Balaban J connectivity index is 1.45. The van der Waals surface area contributed by atoms with Gasteiger partial charge in [-0.2, -0.15) is 0 Å². The molecule has 2 rings (SSSR count). The number of carboxylic acids is 1. The molecular weight excluding hydrogens is 270 g/mol. The van der Waals surface area contributed by atoms with E-state index in [1.54, 1.807) is 0 Å². The van der Waals surface area contributed by atoms with E-state index in [1.807, 2.05) is 18.2 Å². The second-order valence-corrected chi connectivity index (χ2v) is 5.16. The van der Waals surface area contributed by atoms with E-state index in [9.17, 15) is 4.79 Å². The lowest BCUT2D eigenvalue weighted by molar-refractivity contribution is -0.129. The monoisotopic (exact) mass is 291 g/mol. The second-order valence-electron chi connectivity index (χ2n) is 5.16. The number of benzene rings is 1. The Hall–Kier alpha value is -1.88. The van der Waals surface area contributed by atoms with Gasteiger partial charge in [-0.25, -0.2) is 4.79 Å². The van der Waals surface area contributed by atoms with Crippen LogP contribution < -0.4 is 0 Å². The van der Waals surface area contributed by atoms with Gasteiger partial charge in [-0.3, -0.25) is 0 Å². The van der Waals surface area contributed by atoms with Crippen molar-refractivity contribution in [2.45, 2.75) is 44.8 Å². The average molecular weight is 291 g/mol. The number of oxime groups is 1. The minimum Gasteiger partial charge on any atom is -0.477 e. The molecule has 0 fully saturated rings. The van der Waals surface area contributed by atoms with E-state index >= 15 is 0 Å². The summed E-state index contributed by atoms with van der Waals surface area (Å²) in [4.78, 5) is 15.8. The van der Waals surface area contributed by atoms with Gasteiger partial charge in [-0.05, 0) is 24.8 Å². The third kappa shape index (κ3) is 5.55. The summed E-state index contributed by atoms with van der Waals surface area (Å²) in [5, 5.41) is 12.3. The summed E-state index contributed by atoms with van der Waals surface area (Å²) in [6.07, 6.45) is 4.26. The molecule has 1 unspecified atom stereocenters. The zero-order chi connectivity index (χ0) is 14.9. The third-order valence-electron chi connectivity index (χ3n) is 3.41. The lowest BCUT2D eigenvalue weighted by atomic mass is 10.1. The minimum atomic E-state index is -0.980. The van der Waals surface area contributed by atoms with Crippen LogP contribution >= 0.6 is 0 Å². The highest BCUT2D eigenvalue weighted by Crippen LogP contribution is 2.17.